The van der Waals surface area contributed by atoms with Gasteiger partial charge in [0.15, 0.2) is 10.7 Å². The van der Waals surface area contributed by atoms with E-state index in [0.717, 1.165) is 53.2 Å². The Morgan fingerprint density at radius 2 is 2.03 bits per heavy atom. The smallest absolute Gasteiger partial charge is 0.195 e. The number of ketones is 1. The van der Waals surface area contributed by atoms with Gasteiger partial charge in [0, 0.05) is 24.7 Å². The molecule has 8 heteroatoms. The summed E-state index contributed by atoms with van der Waals surface area (Å²) in [6.45, 7) is 7.70. The number of nitrogens with two attached hydrogens (primary N) is 1. The van der Waals surface area contributed by atoms with Crippen LogP contribution in [0.1, 0.15) is 49.2 Å². The summed E-state index contributed by atoms with van der Waals surface area (Å²) in [5.41, 5.74) is 8.69. The lowest BCUT2D eigenvalue weighted by Gasteiger charge is -2.17. The summed E-state index contributed by atoms with van der Waals surface area (Å²) in [6, 6.07) is 6.81. The first-order chi connectivity index (χ1) is 15.5. The number of pyridine rings is 1. The van der Waals surface area contributed by atoms with Crippen molar-refractivity contribution < 1.29 is 9.18 Å². The van der Waals surface area contributed by atoms with Crippen molar-refractivity contribution in [2.75, 3.05) is 19.6 Å². The van der Waals surface area contributed by atoms with Crippen LogP contribution >= 0.6 is 11.3 Å². The number of carbonyl (C=O) groups is 1. The molecule has 0 aliphatic carbocycles. The van der Waals surface area contributed by atoms with Crippen molar-refractivity contribution >= 4 is 32.3 Å². The highest BCUT2D eigenvalue weighted by Gasteiger charge is 2.16. The van der Waals surface area contributed by atoms with Crippen molar-refractivity contribution in [3.63, 3.8) is 0 Å². The second kappa shape index (κ2) is 9.85. The molecular weight excluding hydrogens is 425 g/mol. The molecule has 0 radical (unpaired) electrons. The standard InChI is InChI=1S/C24H28FN5OS/c1-3-29(4-2)10-6-5-7-22(31)19-12-23-21(14-27-19)30-15-20(28-24(30)32-23)17-9-8-16(13-26)11-18(17)25/h8-9,11-12,14-15H,3-7,10,13,26H2,1-2H3. The summed E-state index contributed by atoms with van der Waals surface area (Å²) < 4.78 is 17.3. The molecule has 4 rings (SSSR count). The molecule has 4 aromatic rings. The normalized spacial score (nSPS) is 11.8. The first-order valence-electron chi connectivity index (χ1n) is 11.1. The number of fused-ring (bicyclic) bond motifs is 3. The maximum absolute atomic E-state index is 14.5. The summed E-state index contributed by atoms with van der Waals surface area (Å²) in [6.07, 6.45) is 5.89. The van der Waals surface area contributed by atoms with Gasteiger partial charge >= 0.3 is 0 Å². The van der Waals surface area contributed by atoms with Crippen LogP contribution in [0.2, 0.25) is 0 Å². The Balaban J connectivity index is 1.50. The number of rotatable bonds is 10. The number of imidazole rings is 1. The zero-order chi connectivity index (χ0) is 22.7. The van der Waals surface area contributed by atoms with E-state index >= 15 is 0 Å². The Bertz CT molecular complexity index is 1240. The monoisotopic (exact) mass is 453 g/mol. The molecule has 0 aliphatic heterocycles. The van der Waals surface area contributed by atoms with Gasteiger partial charge in [-0.15, -0.1) is 0 Å². The molecule has 3 aromatic heterocycles. The third-order valence-corrected chi connectivity index (χ3v) is 6.85. The fourth-order valence-corrected chi connectivity index (χ4v) is 4.88. The van der Waals surface area contributed by atoms with E-state index in [0.29, 0.717) is 29.9 Å². The Labute approximate surface area is 190 Å². The van der Waals surface area contributed by atoms with Crippen LogP contribution in [0, 0.1) is 5.82 Å². The van der Waals surface area contributed by atoms with E-state index in [-0.39, 0.29) is 11.6 Å². The summed E-state index contributed by atoms with van der Waals surface area (Å²) in [5.74, 6) is -0.268. The molecule has 6 nitrogen and oxygen atoms in total. The Kier molecular flexibility index (Phi) is 6.93. The van der Waals surface area contributed by atoms with Crippen LogP contribution < -0.4 is 5.73 Å². The molecule has 32 heavy (non-hydrogen) atoms. The zero-order valence-corrected chi connectivity index (χ0v) is 19.3. The summed E-state index contributed by atoms with van der Waals surface area (Å²) >= 11 is 1.47. The number of hydrogen-bond acceptors (Lipinski definition) is 6. The maximum Gasteiger partial charge on any atom is 0.195 e. The average molecular weight is 454 g/mol. The minimum Gasteiger partial charge on any atom is -0.326 e. The molecule has 0 saturated carbocycles. The first-order valence-corrected chi connectivity index (χ1v) is 11.9. The fraction of sp³-hybridized carbons (Fsp3) is 0.375. The third-order valence-electron chi connectivity index (χ3n) is 5.83. The molecule has 168 valence electrons. The third kappa shape index (κ3) is 4.57. The molecule has 0 bridgehead atoms. The minimum absolute atomic E-state index is 0.0697. The molecule has 0 fully saturated rings. The molecule has 3 heterocycles. The van der Waals surface area contributed by atoms with Gasteiger partial charge in [-0.3, -0.25) is 14.2 Å². The largest absolute Gasteiger partial charge is 0.326 e. The van der Waals surface area contributed by atoms with Gasteiger partial charge in [0.05, 0.1) is 22.1 Å². The highest BCUT2D eigenvalue weighted by Crippen LogP contribution is 2.31. The van der Waals surface area contributed by atoms with Crippen molar-refractivity contribution in [1.29, 1.82) is 0 Å². The average Bonchev–Trinajstić information content (AvgIpc) is 3.36. The highest BCUT2D eigenvalue weighted by molar-refractivity contribution is 7.23. The lowest BCUT2D eigenvalue weighted by Crippen LogP contribution is -2.24. The topological polar surface area (TPSA) is 76.5 Å². The number of aromatic nitrogens is 3. The Hall–Kier alpha value is -2.68. The van der Waals surface area contributed by atoms with Gasteiger partial charge in [0.2, 0.25) is 0 Å². The molecule has 0 atom stereocenters. The van der Waals surface area contributed by atoms with E-state index in [4.69, 9.17) is 5.73 Å². The predicted molar refractivity (Wildman–Crippen MR) is 128 cm³/mol. The maximum atomic E-state index is 14.5. The molecule has 2 N–H and O–H groups in total. The van der Waals surface area contributed by atoms with E-state index in [9.17, 15) is 9.18 Å². The van der Waals surface area contributed by atoms with Crippen LogP contribution in [-0.4, -0.2) is 44.7 Å². The van der Waals surface area contributed by atoms with Crippen LogP contribution in [0.3, 0.4) is 0 Å². The lowest BCUT2D eigenvalue weighted by molar-refractivity contribution is 0.0973. The minimum atomic E-state index is -0.338. The molecular formula is C24H28FN5OS. The van der Waals surface area contributed by atoms with Gasteiger partial charge in [-0.2, -0.15) is 0 Å². The van der Waals surface area contributed by atoms with E-state index < -0.39 is 0 Å². The van der Waals surface area contributed by atoms with Crippen LogP contribution in [-0.2, 0) is 6.54 Å². The number of nitrogens with zero attached hydrogens (tertiary/aromatic N) is 4. The zero-order valence-electron chi connectivity index (χ0n) is 18.5. The molecule has 0 saturated heterocycles. The Morgan fingerprint density at radius 3 is 2.75 bits per heavy atom. The van der Waals surface area contributed by atoms with Gasteiger partial charge in [0.25, 0.3) is 0 Å². The lowest BCUT2D eigenvalue weighted by atomic mass is 10.1. The van der Waals surface area contributed by atoms with Gasteiger partial charge in [-0.05, 0) is 56.2 Å². The summed E-state index contributed by atoms with van der Waals surface area (Å²) in [4.78, 5) is 24.7. The van der Waals surface area contributed by atoms with Crippen LogP contribution in [0.5, 0.6) is 0 Å². The van der Waals surface area contributed by atoms with Crippen molar-refractivity contribution in [3.05, 3.63) is 53.7 Å². The van der Waals surface area contributed by atoms with Gasteiger partial charge < -0.3 is 10.6 Å². The number of Topliss-reactive ketones (excluding diaryl/α,β-unsaturated/α-hetero) is 1. The van der Waals surface area contributed by atoms with Crippen LogP contribution in [0.4, 0.5) is 4.39 Å². The Morgan fingerprint density at radius 1 is 1.22 bits per heavy atom. The van der Waals surface area contributed by atoms with Crippen molar-refractivity contribution in [3.8, 4) is 11.3 Å². The number of carbonyl (C=O) groups excluding carboxylic acids is 1. The van der Waals surface area contributed by atoms with Crippen molar-refractivity contribution in [2.45, 2.75) is 39.7 Å². The predicted octanol–water partition coefficient (Wildman–Crippen LogP) is 4.90. The molecule has 0 unspecified atom stereocenters. The van der Waals surface area contributed by atoms with E-state index in [1.165, 1.54) is 17.4 Å². The number of hydrogen-bond donors (Lipinski definition) is 1. The molecule has 1 aromatic carbocycles. The van der Waals surface area contributed by atoms with Crippen LogP contribution in [0.25, 0.3) is 26.4 Å². The molecule has 0 amide bonds. The SMILES string of the molecule is CCN(CC)CCCCC(=O)c1cc2sc3nc(-c4ccc(CN)cc4F)cn3c2cn1. The van der Waals surface area contributed by atoms with E-state index in [1.807, 2.05) is 22.7 Å². The van der Waals surface area contributed by atoms with Gasteiger partial charge in [0.1, 0.15) is 11.5 Å². The van der Waals surface area contributed by atoms with Crippen molar-refractivity contribution in [1.82, 2.24) is 19.3 Å². The second-order valence-electron chi connectivity index (χ2n) is 7.84. The highest BCUT2D eigenvalue weighted by atomic mass is 32.1. The number of halogens is 1. The number of unbranched alkanes of at least 4 members (excludes halogenated alkanes) is 1. The fourth-order valence-electron chi connectivity index (χ4n) is 3.86. The van der Waals surface area contributed by atoms with E-state index in [1.54, 1.807) is 12.3 Å². The summed E-state index contributed by atoms with van der Waals surface area (Å²) in [5, 5.41) is 0. The molecule has 0 aliphatic rings. The molecule has 0 spiro atoms. The second-order valence-corrected chi connectivity index (χ2v) is 8.85. The first kappa shape index (κ1) is 22.5. The van der Waals surface area contributed by atoms with Gasteiger partial charge in [-0.1, -0.05) is 31.3 Å². The quantitative estimate of drug-likeness (QED) is 0.273. The number of thiazole rings is 1. The van der Waals surface area contributed by atoms with Gasteiger partial charge in [-0.25, -0.2) is 9.37 Å². The van der Waals surface area contributed by atoms with Crippen molar-refractivity contribution in [2.24, 2.45) is 5.73 Å². The number of benzene rings is 1. The summed E-state index contributed by atoms with van der Waals surface area (Å²) in [7, 11) is 0. The van der Waals surface area contributed by atoms with Crippen LogP contribution in [0.15, 0.2) is 36.7 Å². The van der Waals surface area contributed by atoms with E-state index in [2.05, 4.69) is 28.7 Å².